The first kappa shape index (κ1) is 21.4. The van der Waals surface area contributed by atoms with Crippen LogP contribution in [0.1, 0.15) is 30.4 Å². The summed E-state index contributed by atoms with van der Waals surface area (Å²) in [6.07, 6.45) is 0.977. The Balaban J connectivity index is 2.09. The predicted molar refractivity (Wildman–Crippen MR) is 104 cm³/mol. The van der Waals surface area contributed by atoms with Crippen molar-refractivity contribution in [2.45, 2.75) is 25.9 Å². The fraction of sp³-hybridized carbons (Fsp3) is 0.300. The summed E-state index contributed by atoms with van der Waals surface area (Å²) in [4.78, 5) is 23.6. The molecule has 7 nitrogen and oxygen atoms in total. The summed E-state index contributed by atoms with van der Waals surface area (Å²) in [6, 6.07) is 15.7. The van der Waals surface area contributed by atoms with Crippen LogP contribution < -0.4 is 9.50 Å². The number of hydrogen-bond donors (Lipinski definition) is 1. The van der Waals surface area contributed by atoms with Gasteiger partial charge in [-0.25, -0.2) is 0 Å². The highest BCUT2D eigenvalue weighted by Gasteiger charge is 2.19. The lowest BCUT2D eigenvalue weighted by Crippen LogP contribution is -2.27. The van der Waals surface area contributed by atoms with Gasteiger partial charge in [0.05, 0.1) is 12.7 Å². The van der Waals surface area contributed by atoms with Crippen LogP contribution >= 0.6 is 0 Å². The van der Waals surface area contributed by atoms with Crippen LogP contribution in [0.15, 0.2) is 54.6 Å². The first-order valence-electron chi connectivity index (χ1n) is 8.66. The van der Waals surface area contributed by atoms with Gasteiger partial charge in [0.15, 0.2) is 0 Å². The number of nitrogens with one attached hydrogen (secondary N) is 1. The summed E-state index contributed by atoms with van der Waals surface area (Å²) in [6.45, 7) is 1.75. The number of benzene rings is 2. The van der Waals surface area contributed by atoms with Gasteiger partial charge >= 0.3 is 16.1 Å². The van der Waals surface area contributed by atoms with E-state index in [9.17, 15) is 18.0 Å². The minimum Gasteiger partial charge on any atom is -0.461 e. The summed E-state index contributed by atoms with van der Waals surface area (Å²) >= 11 is 0. The van der Waals surface area contributed by atoms with Crippen molar-refractivity contribution in [1.29, 1.82) is 0 Å². The number of esters is 1. The van der Waals surface area contributed by atoms with Gasteiger partial charge in [0, 0.05) is 19.4 Å². The zero-order chi connectivity index (χ0) is 20.6. The van der Waals surface area contributed by atoms with Crippen LogP contribution in [-0.2, 0) is 31.1 Å². The van der Waals surface area contributed by atoms with Crippen LogP contribution in [0.5, 0.6) is 5.75 Å². The van der Waals surface area contributed by atoms with Crippen molar-refractivity contribution in [2.24, 2.45) is 0 Å². The van der Waals surface area contributed by atoms with Crippen LogP contribution in [0.25, 0.3) is 0 Å². The molecule has 2 rings (SSSR count). The van der Waals surface area contributed by atoms with Crippen LogP contribution in [0.2, 0.25) is 0 Å². The number of rotatable bonds is 9. The van der Waals surface area contributed by atoms with E-state index in [4.69, 9.17) is 8.92 Å². The van der Waals surface area contributed by atoms with Gasteiger partial charge in [-0.05, 0) is 23.3 Å². The Morgan fingerprint density at radius 2 is 1.79 bits per heavy atom. The highest BCUT2D eigenvalue weighted by atomic mass is 32.2. The Labute approximate surface area is 164 Å². The number of amides is 1. The predicted octanol–water partition coefficient (Wildman–Crippen LogP) is 2.38. The van der Waals surface area contributed by atoms with Crippen molar-refractivity contribution in [3.05, 3.63) is 65.7 Å². The van der Waals surface area contributed by atoms with E-state index in [0.29, 0.717) is 5.56 Å². The zero-order valence-corrected chi connectivity index (χ0v) is 16.6. The summed E-state index contributed by atoms with van der Waals surface area (Å²) in [7, 11) is -3.67. The molecule has 0 heterocycles. The van der Waals surface area contributed by atoms with Crippen molar-refractivity contribution >= 4 is 22.0 Å². The summed E-state index contributed by atoms with van der Waals surface area (Å²) in [5, 5.41) is 2.69. The molecule has 0 aliphatic carbocycles. The minimum atomic E-state index is -3.67. The normalized spacial score (nSPS) is 12.1. The molecule has 28 heavy (non-hydrogen) atoms. The van der Waals surface area contributed by atoms with E-state index in [1.54, 1.807) is 12.1 Å². The molecule has 0 radical (unpaired) electrons. The third kappa shape index (κ3) is 7.79. The Hall–Kier alpha value is -2.87. The first-order valence-corrected chi connectivity index (χ1v) is 10.5. The monoisotopic (exact) mass is 405 g/mol. The standard InChI is InChI=1S/C20H23NO6S/c1-15(22)21-13-18(12-20(23)26-14-16-7-4-3-5-8-16)17-9-6-10-19(11-17)27-28(2,24)25/h3-11,18H,12-14H2,1-2H3,(H,21,22). The maximum absolute atomic E-state index is 12.3. The molecule has 1 N–H and O–H groups in total. The van der Waals surface area contributed by atoms with Crippen molar-refractivity contribution in [2.75, 3.05) is 12.8 Å². The van der Waals surface area contributed by atoms with Gasteiger partial charge < -0.3 is 14.2 Å². The molecule has 1 amide bonds. The van der Waals surface area contributed by atoms with E-state index in [2.05, 4.69) is 5.32 Å². The summed E-state index contributed by atoms with van der Waals surface area (Å²) in [5.41, 5.74) is 1.53. The minimum absolute atomic E-state index is 0.0233. The van der Waals surface area contributed by atoms with E-state index in [1.807, 2.05) is 30.3 Å². The third-order valence-electron chi connectivity index (χ3n) is 3.83. The zero-order valence-electron chi connectivity index (χ0n) is 15.8. The maximum Gasteiger partial charge on any atom is 0.306 e. The van der Waals surface area contributed by atoms with Crippen molar-refractivity contribution in [1.82, 2.24) is 5.32 Å². The fourth-order valence-electron chi connectivity index (χ4n) is 2.57. The molecule has 0 aromatic heterocycles. The number of hydrogen-bond acceptors (Lipinski definition) is 6. The number of ether oxygens (including phenoxy) is 1. The molecule has 2 aromatic rings. The lowest BCUT2D eigenvalue weighted by atomic mass is 9.95. The van der Waals surface area contributed by atoms with E-state index in [-0.39, 0.29) is 31.2 Å². The van der Waals surface area contributed by atoms with Crippen molar-refractivity contribution in [3.8, 4) is 5.75 Å². The average Bonchev–Trinajstić information content (AvgIpc) is 2.63. The van der Waals surface area contributed by atoms with E-state index < -0.39 is 22.0 Å². The van der Waals surface area contributed by atoms with Gasteiger partial charge in [0.1, 0.15) is 12.4 Å². The van der Waals surface area contributed by atoms with E-state index in [1.165, 1.54) is 19.1 Å². The van der Waals surface area contributed by atoms with Crippen LogP contribution in [-0.4, -0.2) is 33.1 Å². The second-order valence-electron chi connectivity index (χ2n) is 6.34. The smallest absolute Gasteiger partial charge is 0.306 e. The second kappa shape index (κ2) is 9.89. The van der Waals surface area contributed by atoms with Gasteiger partial charge in [-0.15, -0.1) is 0 Å². The lowest BCUT2D eigenvalue weighted by Gasteiger charge is -2.18. The summed E-state index contributed by atoms with van der Waals surface area (Å²) in [5.74, 6) is -0.902. The van der Waals surface area contributed by atoms with Crippen molar-refractivity contribution in [3.63, 3.8) is 0 Å². The molecule has 8 heteroatoms. The average molecular weight is 405 g/mol. The molecular formula is C20H23NO6S. The van der Waals surface area contributed by atoms with Crippen LogP contribution in [0, 0.1) is 0 Å². The van der Waals surface area contributed by atoms with Gasteiger partial charge in [0.2, 0.25) is 5.91 Å². The maximum atomic E-state index is 12.3. The highest BCUT2D eigenvalue weighted by Crippen LogP contribution is 2.25. The molecule has 0 saturated heterocycles. The molecule has 0 spiro atoms. The topological polar surface area (TPSA) is 98.8 Å². The highest BCUT2D eigenvalue weighted by molar-refractivity contribution is 7.86. The summed E-state index contributed by atoms with van der Waals surface area (Å²) < 4.78 is 32.9. The van der Waals surface area contributed by atoms with Gasteiger partial charge in [0.25, 0.3) is 0 Å². The number of carbonyl (C=O) groups excluding carboxylic acids is 2. The van der Waals surface area contributed by atoms with Crippen molar-refractivity contribution < 1.29 is 26.9 Å². The Kier molecular flexibility index (Phi) is 7.57. The Morgan fingerprint density at radius 1 is 1.07 bits per heavy atom. The van der Waals surface area contributed by atoms with Gasteiger partial charge in [-0.1, -0.05) is 42.5 Å². The van der Waals surface area contributed by atoms with Gasteiger partial charge in [-0.3, -0.25) is 9.59 Å². The molecule has 0 bridgehead atoms. The largest absolute Gasteiger partial charge is 0.461 e. The molecule has 0 saturated carbocycles. The molecule has 0 aliphatic heterocycles. The molecular weight excluding hydrogens is 382 g/mol. The van der Waals surface area contributed by atoms with E-state index in [0.717, 1.165) is 11.8 Å². The molecule has 1 unspecified atom stereocenters. The lowest BCUT2D eigenvalue weighted by molar-refractivity contribution is -0.145. The Bertz CT molecular complexity index is 911. The van der Waals surface area contributed by atoms with Crippen LogP contribution in [0.4, 0.5) is 0 Å². The molecule has 1 atom stereocenters. The van der Waals surface area contributed by atoms with E-state index >= 15 is 0 Å². The Morgan fingerprint density at radius 3 is 2.43 bits per heavy atom. The second-order valence-corrected chi connectivity index (χ2v) is 7.92. The SMILES string of the molecule is CC(=O)NCC(CC(=O)OCc1ccccc1)c1cccc(OS(C)(=O)=O)c1. The quantitative estimate of drug-likeness (QED) is 0.508. The third-order valence-corrected chi connectivity index (χ3v) is 4.33. The molecule has 2 aromatic carbocycles. The first-order chi connectivity index (χ1) is 13.2. The van der Waals surface area contributed by atoms with Crippen LogP contribution in [0.3, 0.4) is 0 Å². The van der Waals surface area contributed by atoms with Gasteiger partial charge in [-0.2, -0.15) is 8.42 Å². The fourth-order valence-corrected chi connectivity index (χ4v) is 3.02. The molecule has 150 valence electrons. The number of carbonyl (C=O) groups is 2. The molecule has 0 fully saturated rings. The molecule has 0 aliphatic rings.